The zero-order chi connectivity index (χ0) is 13.5. The molecule has 18 heavy (non-hydrogen) atoms. The molecule has 96 valence electrons. The van der Waals surface area contributed by atoms with Gasteiger partial charge in [-0.1, -0.05) is 6.07 Å². The van der Waals surface area contributed by atoms with E-state index in [-0.39, 0.29) is 22.8 Å². The molecule has 1 aliphatic heterocycles. The molecule has 0 radical (unpaired) electrons. The van der Waals surface area contributed by atoms with Gasteiger partial charge in [-0.25, -0.2) is 8.42 Å². The van der Waals surface area contributed by atoms with Crippen LogP contribution in [-0.4, -0.2) is 30.2 Å². The third kappa shape index (κ3) is 2.06. The molecule has 0 aliphatic carbocycles. The molecule has 8 heteroatoms. The molecular formula is C10H9NO6S. The SMILES string of the molecule is O=C(O)CC1CS(=O)(=O)c2cc([N+](=O)[O-])ccc21. The first-order valence-electron chi connectivity index (χ1n) is 5.04. The molecule has 0 saturated heterocycles. The molecule has 0 bridgehead atoms. The third-order valence-corrected chi connectivity index (χ3v) is 4.69. The number of carboxylic acid groups (broad SMARTS) is 1. The number of nitro benzene ring substituents is 1. The van der Waals surface area contributed by atoms with E-state index in [1.54, 1.807) is 0 Å². The first kappa shape index (κ1) is 12.5. The van der Waals surface area contributed by atoms with Gasteiger partial charge >= 0.3 is 5.97 Å². The molecule has 2 rings (SSSR count). The first-order valence-corrected chi connectivity index (χ1v) is 6.69. The van der Waals surface area contributed by atoms with Crippen molar-refractivity contribution >= 4 is 21.5 Å². The number of non-ortho nitro benzene ring substituents is 1. The van der Waals surface area contributed by atoms with Crippen LogP contribution in [0, 0.1) is 10.1 Å². The zero-order valence-electron chi connectivity index (χ0n) is 9.07. The molecule has 7 nitrogen and oxygen atoms in total. The number of nitrogens with zero attached hydrogens (tertiary/aromatic N) is 1. The van der Waals surface area contributed by atoms with Gasteiger partial charge in [0.05, 0.1) is 22.0 Å². The summed E-state index contributed by atoms with van der Waals surface area (Å²) in [5.41, 5.74) is 0.0382. The molecule has 1 aromatic rings. The van der Waals surface area contributed by atoms with Gasteiger partial charge in [0, 0.05) is 18.1 Å². The van der Waals surface area contributed by atoms with E-state index in [9.17, 15) is 23.3 Å². The van der Waals surface area contributed by atoms with Gasteiger partial charge in [-0.2, -0.15) is 0 Å². The topological polar surface area (TPSA) is 115 Å². The van der Waals surface area contributed by atoms with Crippen molar-refractivity contribution in [2.24, 2.45) is 0 Å². The Morgan fingerprint density at radius 3 is 2.72 bits per heavy atom. The second-order valence-electron chi connectivity index (χ2n) is 4.06. The number of benzene rings is 1. The highest BCUT2D eigenvalue weighted by molar-refractivity contribution is 7.91. The van der Waals surface area contributed by atoms with Crippen molar-refractivity contribution in [3.63, 3.8) is 0 Å². The number of aliphatic carboxylic acids is 1. The lowest BCUT2D eigenvalue weighted by Crippen LogP contribution is -2.08. The smallest absolute Gasteiger partial charge is 0.303 e. The van der Waals surface area contributed by atoms with Crippen molar-refractivity contribution in [3.8, 4) is 0 Å². The van der Waals surface area contributed by atoms with Crippen LogP contribution in [0.1, 0.15) is 17.9 Å². The van der Waals surface area contributed by atoms with Gasteiger partial charge in [0.25, 0.3) is 5.69 Å². The molecule has 1 aromatic carbocycles. The van der Waals surface area contributed by atoms with Gasteiger partial charge in [0.2, 0.25) is 0 Å². The number of nitro groups is 1. The van der Waals surface area contributed by atoms with E-state index < -0.39 is 26.6 Å². The minimum atomic E-state index is -3.62. The molecule has 1 atom stereocenters. The quantitative estimate of drug-likeness (QED) is 0.646. The highest BCUT2D eigenvalue weighted by atomic mass is 32.2. The summed E-state index contributed by atoms with van der Waals surface area (Å²) in [6.45, 7) is 0. The molecule has 0 spiro atoms. The van der Waals surface area contributed by atoms with Crippen LogP contribution in [0.4, 0.5) is 5.69 Å². The maximum Gasteiger partial charge on any atom is 0.303 e. The predicted molar refractivity (Wildman–Crippen MR) is 60.1 cm³/mol. The van der Waals surface area contributed by atoms with E-state index in [1.165, 1.54) is 12.1 Å². The Morgan fingerprint density at radius 1 is 1.50 bits per heavy atom. The van der Waals surface area contributed by atoms with E-state index in [4.69, 9.17) is 5.11 Å². The van der Waals surface area contributed by atoms with Gasteiger partial charge in [-0.3, -0.25) is 14.9 Å². The van der Waals surface area contributed by atoms with Crippen molar-refractivity contribution in [3.05, 3.63) is 33.9 Å². The number of carboxylic acids is 1. The van der Waals surface area contributed by atoms with E-state index in [2.05, 4.69) is 0 Å². The molecule has 1 aliphatic rings. The fourth-order valence-corrected chi connectivity index (χ4v) is 3.97. The van der Waals surface area contributed by atoms with Crippen molar-refractivity contribution in [2.75, 3.05) is 5.75 Å². The van der Waals surface area contributed by atoms with Gasteiger partial charge in [-0.15, -0.1) is 0 Å². The minimum absolute atomic E-state index is 0.122. The minimum Gasteiger partial charge on any atom is -0.481 e. The maximum atomic E-state index is 11.8. The normalized spacial score (nSPS) is 20.3. The van der Waals surface area contributed by atoms with Crippen molar-refractivity contribution < 1.29 is 23.2 Å². The van der Waals surface area contributed by atoms with Crippen LogP contribution < -0.4 is 0 Å². The highest BCUT2D eigenvalue weighted by Crippen LogP contribution is 2.38. The Labute approximate surface area is 102 Å². The van der Waals surface area contributed by atoms with E-state index in [1.807, 2.05) is 0 Å². The number of rotatable bonds is 3. The number of carbonyl (C=O) groups is 1. The molecule has 0 saturated carbocycles. The molecular weight excluding hydrogens is 262 g/mol. The fraction of sp³-hybridized carbons (Fsp3) is 0.300. The molecule has 0 aromatic heterocycles. The van der Waals surface area contributed by atoms with Crippen LogP contribution in [-0.2, 0) is 14.6 Å². The zero-order valence-corrected chi connectivity index (χ0v) is 9.88. The van der Waals surface area contributed by atoms with Crippen LogP contribution in [0.15, 0.2) is 23.1 Å². The lowest BCUT2D eigenvalue weighted by Gasteiger charge is -2.05. The summed E-state index contributed by atoms with van der Waals surface area (Å²) >= 11 is 0. The summed E-state index contributed by atoms with van der Waals surface area (Å²) in [5, 5.41) is 19.3. The summed E-state index contributed by atoms with van der Waals surface area (Å²) in [4.78, 5) is 20.4. The second-order valence-corrected chi connectivity index (χ2v) is 6.06. The van der Waals surface area contributed by atoms with Gasteiger partial charge in [-0.05, 0) is 5.56 Å². The first-order chi connectivity index (χ1) is 8.31. The standard InChI is InChI=1S/C10H9NO6S/c12-10(13)3-6-5-18(16,17)9-4-7(11(14)15)1-2-8(6)9/h1-2,4,6H,3,5H2,(H,12,13). The average molecular weight is 271 g/mol. The summed E-state index contributed by atoms with van der Waals surface area (Å²) in [5.74, 6) is -2.04. The summed E-state index contributed by atoms with van der Waals surface area (Å²) in [6, 6.07) is 3.51. The average Bonchev–Trinajstić information content (AvgIpc) is 2.49. The van der Waals surface area contributed by atoms with Crippen LogP contribution in [0.5, 0.6) is 0 Å². The molecule has 1 heterocycles. The number of hydrogen-bond donors (Lipinski definition) is 1. The Bertz CT molecular complexity index is 636. The summed E-state index contributed by atoms with van der Waals surface area (Å²) in [7, 11) is -3.62. The van der Waals surface area contributed by atoms with Crippen molar-refractivity contribution in [1.82, 2.24) is 0 Å². The summed E-state index contributed by atoms with van der Waals surface area (Å²) in [6.07, 6.45) is -0.302. The summed E-state index contributed by atoms with van der Waals surface area (Å²) < 4.78 is 23.6. The van der Waals surface area contributed by atoms with Crippen LogP contribution in [0.3, 0.4) is 0 Å². The van der Waals surface area contributed by atoms with Gasteiger partial charge in [0.1, 0.15) is 0 Å². The molecule has 0 amide bonds. The number of hydrogen-bond acceptors (Lipinski definition) is 5. The van der Waals surface area contributed by atoms with E-state index >= 15 is 0 Å². The van der Waals surface area contributed by atoms with Crippen LogP contribution in [0.2, 0.25) is 0 Å². The van der Waals surface area contributed by atoms with Gasteiger partial charge in [0.15, 0.2) is 9.84 Å². The monoisotopic (exact) mass is 271 g/mol. The Kier molecular flexibility index (Phi) is 2.81. The van der Waals surface area contributed by atoms with Crippen LogP contribution >= 0.6 is 0 Å². The lowest BCUT2D eigenvalue weighted by atomic mass is 9.98. The number of sulfone groups is 1. The lowest BCUT2D eigenvalue weighted by molar-refractivity contribution is -0.385. The van der Waals surface area contributed by atoms with E-state index in [0.717, 1.165) is 6.07 Å². The Morgan fingerprint density at radius 2 is 2.17 bits per heavy atom. The second kappa shape index (κ2) is 4.05. The largest absolute Gasteiger partial charge is 0.481 e. The third-order valence-electron chi connectivity index (χ3n) is 2.82. The van der Waals surface area contributed by atoms with Gasteiger partial charge < -0.3 is 5.11 Å². The Hall–Kier alpha value is -1.96. The molecule has 1 unspecified atom stereocenters. The van der Waals surface area contributed by atoms with Crippen molar-refractivity contribution in [2.45, 2.75) is 17.2 Å². The highest BCUT2D eigenvalue weighted by Gasteiger charge is 2.36. The Balaban J connectivity index is 2.53. The maximum absolute atomic E-state index is 11.8. The molecule has 1 N–H and O–H groups in total. The fourth-order valence-electron chi connectivity index (χ4n) is 2.07. The predicted octanol–water partition coefficient (Wildman–Crippen LogP) is 0.940. The molecule has 0 fully saturated rings. The van der Waals surface area contributed by atoms with Crippen molar-refractivity contribution in [1.29, 1.82) is 0 Å². The van der Waals surface area contributed by atoms with E-state index in [0.29, 0.717) is 5.56 Å². The number of fused-ring (bicyclic) bond motifs is 1. The van der Waals surface area contributed by atoms with Crippen LogP contribution in [0.25, 0.3) is 0 Å².